The van der Waals surface area contributed by atoms with E-state index in [1.807, 2.05) is 44.4 Å². The minimum atomic E-state index is -0.392. The number of piperidine rings is 1. The van der Waals surface area contributed by atoms with Crippen LogP contribution in [0.4, 0.5) is 11.5 Å². The van der Waals surface area contributed by atoms with Gasteiger partial charge in [0.1, 0.15) is 11.5 Å². The van der Waals surface area contributed by atoms with Crippen molar-refractivity contribution in [1.29, 1.82) is 0 Å². The predicted molar refractivity (Wildman–Crippen MR) is 152 cm³/mol. The first-order valence-corrected chi connectivity index (χ1v) is 13.2. The van der Waals surface area contributed by atoms with Gasteiger partial charge >= 0.3 is 0 Å². The number of para-hydroxylation sites is 1. The lowest BCUT2D eigenvalue weighted by molar-refractivity contribution is 0.0930. The fourth-order valence-corrected chi connectivity index (χ4v) is 4.39. The minimum absolute atomic E-state index is 0.118. The molecule has 3 N–H and O–H groups in total. The molecular formula is C29H37N7O2. The molecule has 0 spiro atoms. The number of carbonyl (C=O) groups excluding carboxylic acids is 2. The largest absolute Gasteiger partial charge is 0.355 e. The molecule has 0 atom stereocenters. The predicted octanol–water partition coefficient (Wildman–Crippen LogP) is 3.27. The van der Waals surface area contributed by atoms with Crippen molar-refractivity contribution >= 4 is 23.3 Å². The van der Waals surface area contributed by atoms with E-state index in [1.54, 1.807) is 30.3 Å². The second-order valence-electron chi connectivity index (χ2n) is 9.68. The van der Waals surface area contributed by atoms with E-state index < -0.39 is 5.91 Å². The van der Waals surface area contributed by atoms with Gasteiger partial charge in [0.15, 0.2) is 5.82 Å². The lowest BCUT2D eigenvalue weighted by Gasteiger charge is -2.25. The third-order valence-corrected chi connectivity index (χ3v) is 6.59. The Labute approximate surface area is 224 Å². The minimum Gasteiger partial charge on any atom is -0.355 e. The first-order valence-electron chi connectivity index (χ1n) is 13.2. The molecule has 1 saturated heterocycles. The topological polar surface area (TPSA) is 102 Å². The smallest absolute Gasteiger partial charge is 0.274 e. The van der Waals surface area contributed by atoms with Gasteiger partial charge in [0.05, 0.1) is 11.3 Å². The molecule has 9 nitrogen and oxygen atoms in total. The van der Waals surface area contributed by atoms with Crippen molar-refractivity contribution in [3.63, 3.8) is 0 Å². The van der Waals surface area contributed by atoms with Crippen molar-refractivity contribution in [3.8, 4) is 11.4 Å². The van der Waals surface area contributed by atoms with Crippen LogP contribution in [0, 0.1) is 0 Å². The third-order valence-electron chi connectivity index (χ3n) is 6.59. The first kappa shape index (κ1) is 27.2. The van der Waals surface area contributed by atoms with Crippen LogP contribution in [0.1, 0.15) is 40.6 Å². The van der Waals surface area contributed by atoms with Crippen LogP contribution in [0.25, 0.3) is 11.4 Å². The van der Waals surface area contributed by atoms with Gasteiger partial charge in [0, 0.05) is 37.3 Å². The number of carbonyl (C=O) groups is 2. The highest BCUT2D eigenvalue weighted by atomic mass is 16.2. The number of anilines is 2. The van der Waals surface area contributed by atoms with Crippen LogP contribution in [-0.4, -0.2) is 79.5 Å². The van der Waals surface area contributed by atoms with E-state index in [-0.39, 0.29) is 17.6 Å². The van der Waals surface area contributed by atoms with E-state index in [4.69, 9.17) is 4.98 Å². The number of hydrogen-bond donors (Lipinski definition) is 3. The first-order chi connectivity index (χ1) is 18.4. The van der Waals surface area contributed by atoms with Crippen molar-refractivity contribution in [2.24, 2.45) is 0 Å². The molecule has 3 aromatic rings. The van der Waals surface area contributed by atoms with Crippen LogP contribution in [0.5, 0.6) is 0 Å². The van der Waals surface area contributed by atoms with Crippen molar-refractivity contribution < 1.29 is 9.59 Å². The molecule has 1 aliphatic rings. The van der Waals surface area contributed by atoms with E-state index in [2.05, 4.69) is 37.7 Å². The van der Waals surface area contributed by atoms with Crippen molar-refractivity contribution in [2.45, 2.75) is 25.8 Å². The number of likely N-dealkylation sites (N-methyl/N-ethyl adjacent to an activating group) is 2. The molecule has 0 bridgehead atoms. The van der Waals surface area contributed by atoms with Crippen LogP contribution in [0.15, 0.2) is 60.7 Å². The Hall–Kier alpha value is -3.82. The zero-order valence-electron chi connectivity index (χ0n) is 22.4. The summed E-state index contributed by atoms with van der Waals surface area (Å²) in [5.74, 6) is 0.581. The quantitative estimate of drug-likeness (QED) is 0.381. The third kappa shape index (κ3) is 7.14. The highest BCUT2D eigenvalue weighted by Crippen LogP contribution is 2.22. The van der Waals surface area contributed by atoms with Crippen LogP contribution >= 0.6 is 0 Å². The Kier molecular flexibility index (Phi) is 9.40. The zero-order valence-corrected chi connectivity index (χ0v) is 22.4. The summed E-state index contributed by atoms with van der Waals surface area (Å²) in [6, 6.07) is 18.5. The Morgan fingerprint density at radius 3 is 2.37 bits per heavy atom. The highest BCUT2D eigenvalue weighted by molar-refractivity contribution is 6.08. The van der Waals surface area contributed by atoms with Gasteiger partial charge in [-0.05, 0) is 59.1 Å². The van der Waals surface area contributed by atoms with Gasteiger partial charge in [-0.3, -0.25) is 9.59 Å². The number of amides is 2. The second-order valence-corrected chi connectivity index (χ2v) is 9.68. The molecule has 9 heteroatoms. The van der Waals surface area contributed by atoms with Gasteiger partial charge < -0.3 is 25.8 Å². The molecule has 38 heavy (non-hydrogen) atoms. The average molecular weight is 516 g/mol. The maximum Gasteiger partial charge on any atom is 0.274 e. The van der Waals surface area contributed by atoms with Crippen molar-refractivity contribution in [1.82, 2.24) is 25.5 Å². The number of nitrogens with one attached hydrogen (secondary N) is 3. The van der Waals surface area contributed by atoms with Gasteiger partial charge in [0.25, 0.3) is 11.8 Å². The molecule has 0 unspecified atom stereocenters. The number of aromatic nitrogens is 2. The van der Waals surface area contributed by atoms with Crippen LogP contribution in [-0.2, 0) is 0 Å². The molecular weight excluding hydrogens is 478 g/mol. The molecule has 2 amide bonds. The molecule has 0 radical (unpaired) electrons. The van der Waals surface area contributed by atoms with E-state index in [9.17, 15) is 9.59 Å². The average Bonchev–Trinajstić information content (AvgIpc) is 2.94. The summed E-state index contributed by atoms with van der Waals surface area (Å²) in [7, 11) is 4.06. The van der Waals surface area contributed by atoms with Gasteiger partial charge in [-0.25, -0.2) is 9.97 Å². The lowest BCUT2D eigenvalue weighted by Crippen LogP contribution is -2.42. The summed E-state index contributed by atoms with van der Waals surface area (Å²) < 4.78 is 0. The SMILES string of the molecule is CCN(CCN(C)C)c1cc(C(=O)Nc2ccccc2C(=O)NC2CCNCC2)nc(-c2ccccc2)n1. The van der Waals surface area contributed by atoms with Gasteiger partial charge in [-0.2, -0.15) is 0 Å². The number of nitrogens with zero attached hydrogens (tertiary/aromatic N) is 4. The van der Waals surface area contributed by atoms with Gasteiger partial charge in [-0.15, -0.1) is 0 Å². The van der Waals surface area contributed by atoms with Crippen molar-refractivity contribution in [2.75, 3.05) is 57.0 Å². The van der Waals surface area contributed by atoms with Crippen molar-refractivity contribution in [3.05, 3.63) is 71.9 Å². The Bertz CT molecular complexity index is 1230. The van der Waals surface area contributed by atoms with Gasteiger partial charge in [-0.1, -0.05) is 42.5 Å². The summed E-state index contributed by atoms with van der Waals surface area (Å²) in [5, 5.41) is 9.34. The van der Waals surface area contributed by atoms with Crippen LogP contribution in [0.3, 0.4) is 0 Å². The maximum absolute atomic E-state index is 13.5. The second kappa shape index (κ2) is 13.1. The summed E-state index contributed by atoms with van der Waals surface area (Å²) in [5.41, 5.74) is 1.95. The van der Waals surface area contributed by atoms with Crippen LogP contribution in [0.2, 0.25) is 0 Å². The molecule has 1 aliphatic heterocycles. The summed E-state index contributed by atoms with van der Waals surface area (Å²) in [6.07, 6.45) is 1.77. The molecule has 1 fully saturated rings. The zero-order chi connectivity index (χ0) is 26.9. The van der Waals surface area contributed by atoms with Gasteiger partial charge in [0.2, 0.25) is 0 Å². The molecule has 0 aliphatic carbocycles. The fourth-order valence-electron chi connectivity index (χ4n) is 4.39. The Morgan fingerprint density at radius 1 is 0.947 bits per heavy atom. The molecule has 0 saturated carbocycles. The van der Waals surface area contributed by atoms with E-state index in [1.165, 1.54) is 0 Å². The molecule has 4 rings (SSSR count). The Balaban J connectivity index is 1.61. The van der Waals surface area contributed by atoms with Crippen LogP contribution < -0.4 is 20.9 Å². The number of rotatable bonds is 10. The standard InChI is InChI=1S/C29H37N7O2/c1-4-36(19-18-35(2)3)26-20-25(32-27(34-26)21-10-6-5-7-11-21)29(38)33-24-13-9-8-12-23(24)28(37)31-22-14-16-30-17-15-22/h5-13,20,22,30H,4,14-19H2,1-3H3,(H,31,37)(H,33,38). The number of hydrogen-bond acceptors (Lipinski definition) is 7. The summed E-state index contributed by atoms with van der Waals surface area (Å²) in [4.78, 5) is 40.3. The molecule has 1 aromatic heterocycles. The Morgan fingerprint density at radius 2 is 1.66 bits per heavy atom. The van der Waals surface area contributed by atoms with E-state index in [0.29, 0.717) is 22.9 Å². The highest BCUT2D eigenvalue weighted by Gasteiger charge is 2.21. The summed E-state index contributed by atoms with van der Waals surface area (Å²) >= 11 is 0. The fraction of sp³-hybridized carbons (Fsp3) is 0.379. The molecule has 200 valence electrons. The number of benzene rings is 2. The monoisotopic (exact) mass is 515 g/mol. The lowest BCUT2D eigenvalue weighted by atomic mass is 10.1. The normalized spacial score (nSPS) is 13.8. The molecule has 2 aromatic carbocycles. The van der Waals surface area contributed by atoms with E-state index in [0.717, 1.165) is 51.1 Å². The van der Waals surface area contributed by atoms with E-state index >= 15 is 0 Å². The summed E-state index contributed by atoms with van der Waals surface area (Å²) in [6.45, 7) is 6.17. The molecule has 2 heterocycles. The maximum atomic E-state index is 13.5.